The first kappa shape index (κ1) is 24.8. The fraction of sp³-hybridized carbons (Fsp3) is 0.190. The fourth-order valence-corrected chi connectivity index (χ4v) is 4.17. The van der Waals surface area contributed by atoms with Crippen LogP contribution < -0.4 is 0 Å². The first-order valence-electron chi connectivity index (χ1n) is 9.01. The Morgan fingerprint density at radius 1 is 1.03 bits per heavy atom. The van der Waals surface area contributed by atoms with Gasteiger partial charge in [-0.3, -0.25) is 9.69 Å². The molecule has 0 unspecified atom stereocenters. The number of hydrogen-bond acceptors (Lipinski definition) is 5. The number of rotatable bonds is 4. The van der Waals surface area contributed by atoms with Crippen LogP contribution in [0.15, 0.2) is 47.4 Å². The number of hydrogen-bond donors (Lipinski definition) is 0. The third kappa shape index (κ3) is 5.74. The average molecular weight is 505 g/mol. The van der Waals surface area contributed by atoms with E-state index in [9.17, 15) is 35.9 Å². The molecule has 0 atom stereocenters. The molecule has 1 saturated heterocycles. The summed E-state index contributed by atoms with van der Waals surface area (Å²) < 4.78 is 83.1. The Hall–Kier alpha value is -2.86. The Balaban J connectivity index is 1.87. The normalized spacial score (nSPS) is 16.0. The van der Waals surface area contributed by atoms with E-state index in [2.05, 4.69) is 4.74 Å². The molecule has 2 aromatic carbocycles. The highest BCUT2D eigenvalue weighted by atomic mass is 32.2. The Kier molecular flexibility index (Phi) is 6.89. The molecule has 12 heteroatoms. The molecule has 3 rings (SSSR count). The molecule has 1 heterocycles. The van der Waals surface area contributed by atoms with Crippen molar-refractivity contribution in [2.75, 3.05) is 7.11 Å². The van der Waals surface area contributed by atoms with Crippen LogP contribution in [0.1, 0.15) is 32.6 Å². The van der Waals surface area contributed by atoms with Gasteiger partial charge in [0, 0.05) is 0 Å². The van der Waals surface area contributed by atoms with Gasteiger partial charge in [-0.25, -0.2) is 4.79 Å². The van der Waals surface area contributed by atoms with Crippen LogP contribution in [0.3, 0.4) is 0 Å². The highest BCUT2D eigenvalue weighted by Gasteiger charge is 2.38. The lowest BCUT2D eigenvalue weighted by atomic mass is 10.0. The Labute approximate surface area is 193 Å². The zero-order valence-electron chi connectivity index (χ0n) is 16.6. The molecule has 4 nitrogen and oxygen atoms in total. The maximum Gasteiger partial charge on any atom is 0.416 e. The molecule has 1 fully saturated rings. The molecule has 0 aliphatic carbocycles. The van der Waals surface area contributed by atoms with Gasteiger partial charge in [-0.1, -0.05) is 36.1 Å². The summed E-state index contributed by atoms with van der Waals surface area (Å²) in [6.45, 7) is -0.559. The van der Waals surface area contributed by atoms with Crippen LogP contribution in [0.2, 0.25) is 0 Å². The van der Waals surface area contributed by atoms with E-state index in [1.54, 1.807) is 12.1 Å². The van der Waals surface area contributed by atoms with E-state index >= 15 is 0 Å². The Morgan fingerprint density at radius 2 is 1.58 bits per heavy atom. The van der Waals surface area contributed by atoms with E-state index in [4.69, 9.17) is 12.2 Å². The SMILES string of the molecule is COC(=O)c1ccc(/C=C2\SC(=S)N(Cc3cc(C(F)(F)F)cc(C(F)(F)F)c3)C2=O)cc1. The van der Waals surface area contributed by atoms with Crippen molar-refractivity contribution in [3.8, 4) is 0 Å². The molecule has 0 saturated carbocycles. The number of methoxy groups -OCH3 is 1. The summed E-state index contributed by atoms with van der Waals surface area (Å²) >= 11 is 5.98. The second kappa shape index (κ2) is 9.18. The van der Waals surface area contributed by atoms with E-state index in [0.29, 0.717) is 17.7 Å². The first-order chi connectivity index (χ1) is 15.3. The summed E-state index contributed by atoms with van der Waals surface area (Å²) in [7, 11) is 1.23. The van der Waals surface area contributed by atoms with Crippen LogP contribution in [0.25, 0.3) is 6.08 Å². The summed E-state index contributed by atoms with van der Waals surface area (Å²) in [6.07, 6.45) is -8.54. The molecule has 1 amide bonds. The monoisotopic (exact) mass is 505 g/mol. The highest BCUT2D eigenvalue weighted by Crippen LogP contribution is 2.38. The molecule has 0 N–H and O–H groups in total. The first-order valence-corrected chi connectivity index (χ1v) is 10.2. The van der Waals surface area contributed by atoms with Crippen molar-refractivity contribution in [1.29, 1.82) is 0 Å². The third-order valence-electron chi connectivity index (χ3n) is 4.49. The largest absolute Gasteiger partial charge is 0.465 e. The second-order valence-electron chi connectivity index (χ2n) is 6.80. The molecule has 0 aromatic heterocycles. The molecule has 33 heavy (non-hydrogen) atoms. The minimum absolute atomic E-state index is 0.0107. The van der Waals surface area contributed by atoms with Gasteiger partial charge >= 0.3 is 18.3 Å². The highest BCUT2D eigenvalue weighted by molar-refractivity contribution is 8.26. The van der Waals surface area contributed by atoms with E-state index in [1.165, 1.54) is 25.3 Å². The van der Waals surface area contributed by atoms with E-state index in [0.717, 1.165) is 16.7 Å². The predicted molar refractivity (Wildman–Crippen MR) is 113 cm³/mol. The Morgan fingerprint density at radius 3 is 2.06 bits per heavy atom. The van der Waals surface area contributed by atoms with Gasteiger partial charge < -0.3 is 4.74 Å². The number of benzene rings is 2. The number of amides is 1. The maximum absolute atomic E-state index is 13.1. The fourth-order valence-electron chi connectivity index (χ4n) is 2.91. The molecular weight excluding hydrogens is 492 g/mol. The zero-order valence-corrected chi connectivity index (χ0v) is 18.2. The maximum atomic E-state index is 13.1. The van der Waals surface area contributed by atoms with Gasteiger partial charge in [0.05, 0.1) is 35.3 Å². The van der Waals surface area contributed by atoms with Crippen molar-refractivity contribution in [3.05, 3.63) is 75.2 Å². The summed E-state index contributed by atoms with van der Waals surface area (Å²) in [5.41, 5.74) is -2.50. The van der Waals surface area contributed by atoms with E-state index in [-0.39, 0.29) is 26.4 Å². The standard InChI is InChI=1S/C21H13F6NO3S2/c1-31-18(30)13-4-2-11(3-5-13)8-16-17(29)28(19(32)33-16)10-12-6-14(20(22,23)24)9-15(7-12)21(25,26)27/h2-9H,10H2,1H3/b16-8-. The van der Waals surface area contributed by atoms with Crippen molar-refractivity contribution >= 4 is 46.3 Å². The number of alkyl halides is 6. The number of halogens is 6. The van der Waals surface area contributed by atoms with Gasteiger partial charge in [0.25, 0.3) is 5.91 Å². The molecule has 0 spiro atoms. The van der Waals surface area contributed by atoms with Crippen molar-refractivity contribution in [1.82, 2.24) is 4.90 Å². The predicted octanol–water partition coefficient (Wildman–Crippen LogP) is 5.91. The molecule has 0 bridgehead atoms. The van der Waals surface area contributed by atoms with Gasteiger partial charge in [-0.2, -0.15) is 26.3 Å². The Bertz CT molecular complexity index is 1110. The lowest BCUT2D eigenvalue weighted by Gasteiger charge is -2.18. The number of carbonyl (C=O) groups is 2. The van der Waals surface area contributed by atoms with Crippen molar-refractivity contribution in [2.45, 2.75) is 18.9 Å². The van der Waals surface area contributed by atoms with Crippen molar-refractivity contribution < 1.29 is 40.7 Å². The van der Waals surface area contributed by atoms with Crippen molar-refractivity contribution in [2.24, 2.45) is 0 Å². The number of esters is 1. The number of ether oxygens (including phenoxy) is 1. The molecule has 0 radical (unpaired) electrons. The number of carbonyl (C=O) groups excluding carboxylic acids is 2. The average Bonchev–Trinajstić information content (AvgIpc) is 2.99. The topological polar surface area (TPSA) is 46.6 Å². The summed E-state index contributed by atoms with van der Waals surface area (Å²) in [4.78, 5) is 25.3. The van der Waals surface area contributed by atoms with Crippen LogP contribution in [-0.2, 0) is 28.4 Å². The molecule has 1 aliphatic heterocycles. The molecule has 174 valence electrons. The second-order valence-corrected chi connectivity index (χ2v) is 8.47. The number of thiocarbonyl (C=S) groups is 1. The van der Waals surface area contributed by atoms with E-state index < -0.39 is 41.9 Å². The van der Waals surface area contributed by atoms with Gasteiger partial charge in [-0.15, -0.1) is 0 Å². The smallest absolute Gasteiger partial charge is 0.416 e. The molecule has 2 aromatic rings. The van der Waals surface area contributed by atoms with Crippen LogP contribution >= 0.6 is 24.0 Å². The van der Waals surface area contributed by atoms with Crippen LogP contribution in [-0.4, -0.2) is 28.2 Å². The summed E-state index contributed by atoms with van der Waals surface area (Å²) in [5.74, 6) is -1.21. The van der Waals surface area contributed by atoms with Gasteiger partial charge in [0.1, 0.15) is 4.32 Å². The van der Waals surface area contributed by atoms with Gasteiger partial charge in [0.2, 0.25) is 0 Å². The van der Waals surface area contributed by atoms with Crippen LogP contribution in [0.5, 0.6) is 0 Å². The molecule has 1 aliphatic rings. The third-order valence-corrected chi connectivity index (χ3v) is 5.87. The summed E-state index contributed by atoms with van der Waals surface area (Å²) in [5, 5.41) is 0. The number of thioether (sulfide) groups is 1. The van der Waals surface area contributed by atoms with Crippen molar-refractivity contribution in [3.63, 3.8) is 0 Å². The quantitative estimate of drug-likeness (QED) is 0.224. The van der Waals surface area contributed by atoms with Gasteiger partial charge in [0.15, 0.2) is 0 Å². The molecular formula is C21H13F6NO3S2. The minimum atomic E-state index is -5.00. The summed E-state index contributed by atoms with van der Waals surface area (Å²) in [6, 6.07) is 7.17. The lowest BCUT2D eigenvalue weighted by molar-refractivity contribution is -0.143. The zero-order chi connectivity index (χ0) is 24.6. The van der Waals surface area contributed by atoms with Gasteiger partial charge in [-0.05, 0) is 47.5 Å². The number of nitrogens with zero attached hydrogens (tertiary/aromatic N) is 1. The lowest BCUT2D eigenvalue weighted by Crippen LogP contribution is -2.27. The van der Waals surface area contributed by atoms with Crippen LogP contribution in [0.4, 0.5) is 26.3 Å². The van der Waals surface area contributed by atoms with E-state index in [1.807, 2.05) is 0 Å². The van der Waals surface area contributed by atoms with Crippen LogP contribution in [0, 0.1) is 0 Å². The minimum Gasteiger partial charge on any atom is -0.465 e.